The fourth-order valence-electron chi connectivity index (χ4n) is 1.50. The van der Waals surface area contributed by atoms with E-state index in [1.807, 2.05) is 0 Å². The third-order valence-electron chi connectivity index (χ3n) is 2.44. The summed E-state index contributed by atoms with van der Waals surface area (Å²) in [5.74, 6) is -0.284. The number of hydrogen-bond acceptors (Lipinski definition) is 5. The Kier molecular flexibility index (Phi) is 3.48. The molecule has 2 aromatic rings. The van der Waals surface area contributed by atoms with Gasteiger partial charge < -0.3 is 21.1 Å². The molecule has 0 aliphatic rings. The molecule has 2 rings (SSSR count). The molecule has 0 bridgehead atoms. The molecule has 0 amide bonds. The van der Waals surface area contributed by atoms with Gasteiger partial charge in [-0.05, 0) is 30.3 Å². The summed E-state index contributed by atoms with van der Waals surface area (Å²) in [7, 11) is 0. The lowest BCUT2D eigenvalue weighted by molar-refractivity contribution is 0.451. The van der Waals surface area contributed by atoms with Gasteiger partial charge in [0.1, 0.15) is 28.1 Å². The summed E-state index contributed by atoms with van der Waals surface area (Å²) in [6.45, 7) is 0. The van der Waals surface area contributed by atoms with Crippen LogP contribution in [0.2, 0.25) is 0 Å². The molecule has 0 unspecified atom stereocenters. The van der Waals surface area contributed by atoms with Crippen molar-refractivity contribution in [2.24, 2.45) is 4.99 Å². The Morgan fingerprint density at radius 1 is 1.00 bits per heavy atom. The van der Waals surface area contributed by atoms with Crippen molar-refractivity contribution in [3.63, 3.8) is 0 Å². The third-order valence-corrected chi connectivity index (χ3v) is 2.72. The number of aromatic hydroxyl groups is 3. The van der Waals surface area contributed by atoms with Crippen LogP contribution in [-0.2, 0) is 0 Å². The van der Waals surface area contributed by atoms with Gasteiger partial charge in [0.05, 0.1) is 0 Å². The molecule has 5 N–H and O–H groups in total. The lowest BCUT2D eigenvalue weighted by Gasteiger charge is -2.05. The first-order chi connectivity index (χ1) is 8.97. The first-order valence-electron chi connectivity index (χ1n) is 5.32. The maximum Gasteiger partial charge on any atom is 0.144 e. The number of halogens is 1. The van der Waals surface area contributed by atoms with Gasteiger partial charge in [-0.15, -0.1) is 0 Å². The zero-order valence-corrected chi connectivity index (χ0v) is 10.5. The van der Waals surface area contributed by atoms with Crippen LogP contribution in [-0.4, -0.2) is 20.5 Å². The molecule has 0 saturated carbocycles. The Labute approximate surface area is 114 Å². The van der Waals surface area contributed by atoms with Gasteiger partial charge in [0.2, 0.25) is 0 Å². The predicted octanol–water partition coefficient (Wildman–Crippen LogP) is 2.70. The van der Waals surface area contributed by atoms with Crippen molar-refractivity contribution in [3.05, 3.63) is 42.0 Å². The standard InChI is InChI=1S/C13H11ClN2O3/c14-13(9-5-7(17)1-3-10(9)15)16-11-4-2-8(18)6-12(11)19/h1-6,17-19H,15H2. The van der Waals surface area contributed by atoms with E-state index in [9.17, 15) is 15.3 Å². The van der Waals surface area contributed by atoms with Crippen LogP contribution in [0.4, 0.5) is 11.4 Å². The number of rotatable bonds is 2. The number of hydrogen-bond donors (Lipinski definition) is 4. The molecule has 0 aromatic heterocycles. The number of anilines is 1. The molecular formula is C13H11ClN2O3. The molecule has 98 valence electrons. The molecule has 6 heteroatoms. The number of phenols is 3. The minimum absolute atomic E-state index is 0.00692. The quantitative estimate of drug-likeness (QED) is 0.385. The van der Waals surface area contributed by atoms with Crippen molar-refractivity contribution >= 4 is 28.1 Å². The van der Waals surface area contributed by atoms with Gasteiger partial charge in [-0.25, -0.2) is 4.99 Å². The summed E-state index contributed by atoms with van der Waals surface area (Å²) >= 11 is 6.02. The molecule has 0 heterocycles. The molecule has 0 spiro atoms. The Morgan fingerprint density at radius 3 is 2.32 bits per heavy atom. The lowest BCUT2D eigenvalue weighted by atomic mass is 10.2. The average Bonchev–Trinajstić information content (AvgIpc) is 2.35. The van der Waals surface area contributed by atoms with Crippen molar-refractivity contribution in [1.29, 1.82) is 0 Å². The maximum absolute atomic E-state index is 9.60. The summed E-state index contributed by atoms with van der Waals surface area (Å²) < 4.78 is 0. The summed E-state index contributed by atoms with van der Waals surface area (Å²) in [4.78, 5) is 4.00. The fraction of sp³-hybridized carbons (Fsp3) is 0. The number of aliphatic imine (C=N–C) groups is 1. The third kappa shape index (κ3) is 2.89. The van der Waals surface area contributed by atoms with Crippen molar-refractivity contribution in [1.82, 2.24) is 0 Å². The van der Waals surface area contributed by atoms with E-state index in [2.05, 4.69) is 4.99 Å². The highest BCUT2D eigenvalue weighted by Gasteiger charge is 2.08. The van der Waals surface area contributed by atoms with E-state index >= 15 is 0 Å². The largest absolute Gasteiger partial charge is 0.508 e. The van der Waals surface area contributed by atoms with Crippen LogP contribution in [0.3, 0.4) is 0 Å². The van der Waals surface area contributed by atoms with Gasteiger partial charge in [0.15, 0.2) is 0 Å². The van der Waals surface area contributed by atoms with E-state index in [0.717, 1.165) is 6.07 Å². The number of nitrogens with two attached hydrogens (primary N) is 1. The van der Waals surface area contributed by atoms with Crippen LogP contribution < -0.4 is 5.73 Å². The Bertz CT molecular complexity index is 656. The van der Waals surface area contributed by atoms with Crippen molar-refractivity contribution in [2.75, 3.05) is 5.73 Å². The Morgan fingerprint density at radius 2 is 1.63 bits per heavy atom. The summed E-state index contributed by atoms with van der Waals surface area (Å²) in [6.07, 6.45) is 0. The van der Waals surface area contributed by atoms with Gasteiger partial charge in [0, 0.05) is 17.3 Å². The molecule has 2 aromatic carbocycles. The van der Waals surface area contributed by atoms with Gasteiger partial charge in [-0.3, -0.25) is 0 Å². The second-order valence-electron chi connectivity index (χ2n) is 3.85. The van der Waals surface area contributed by atoms with E-state index < -0.39 is 0 Å². The zero-order chi connectivity index (χ0) is 14.0. The Balaban J connectivity index is 2.45. The summed E-state index contributed by atoms with van der Waals surface area (Å²) in [5, 5.41) is 28.2. The minimum atomic E-state index is -0.211. The van der Waals surface area contributed by atoms with Gasteiger partial charge >= 0.3 is 0 Å². The van der Waals surface area contributed by atoms with Crippen LogP contribution in [0.5, 0.6) is 17.2 Å². The van der Waals surface area contributed by atoms with Gasteiger partial charge in [-0.1, -0.05) is 11.6 Å². The van der Waals surface area contributed by atoms with E-state index in [0.29, 0.717) is 11.3 Å². The number of nitrogen functional groups attached to an aromatic ring is 1. The number of benzene rings is 2. The van der Waals surface area contributed by atoms with Crippen LogP contribution in [0, 0.1) is 0 Å². The molecule has 0 fully saturated rings. The highest BCUT2D eigenvalue weighted by atomic mass is 35.5. The van der Waals surface area contributed by atoms with Crippen LogP contribution >= 0.6 is 11.6 Å². The number of phenolic OH excluding ortho intramolecular Hbond substituents is 3. The second kappa shape index (κ2) is 5.07. The van der Waals surface area contributed by atoms with Crippen LogP contribution in [0.1, 0.15) is 5.56 Å². The number of nitrogens with zero attached hydrogens (tertiary/aromatic N) is 1. The minimum Gasteiger partial charge on any atom is -0.508 e. The molecule has 5 nitrogen and oxygen atoms in total. The highest BCUT2D eigenvalue weighted by molar-refractivity contribution is 6.70. The van der Waals surface area contributed by atoms with Gasteiger partial charge in [0.25, 0.3) is 0 Å². The first-order valence-corrected chi connectivity index (χ1v) is 5.70. The molecule has 0 aliphatic carbocycles. The molecular weight excluding hydrogens is 268 g/mol. The predicted molar refractivity (Wildman–Crippen MR) is 74.3 cm³/mol. The second-order valence-corrected chi connectivity index (χ2v) is 4.21. The highest BCUT2D eigenvalue weighted by Crippen LogP contribution is 2.31. The zero-order valence-electron chi connectivity index (χ0n) is 9.71. The fourth-order valence-corrected chi connectivity index (χ4v) is 1.75. The van der Waals surface area contributed by atoms with Crippen LogP contribution in [0.25, 0.3) is 0 Å². The van der Waals surface area contributed by atoms with Crippen molar-refractivity contribution < 1.29 is 15.3 Å². The normalized spacial score (nSPS) is 11.5. The van der Waals surface area contributed by atoms with E-state index in [4.69, 9.17) is 17.3 Å². The first kappa shape index (κ1) is 13.0. The average molecular weight is 279 g/mol. The van der Waals surface area contributed by atoms with E-state index in [-0.39, 0.29) is 28.1 Å². The van der Waals surface area contributed by atoms with Crippen molar-refractivity contribution in [2.45, 2.75) is 0 Å². The lowest BCUT2D eigenvalue weighted by Crippen LogP contribution is -1.98. The summed E-state index contributed by atoms with van der Waals surface area (Å²) in [5.41, 5.74) is 6.62. The van der Waals surface area contributed by atoms with E-state index in [1.165, 1.54) is 30.3 Å². The monoisotopic (exact) mass is 278 g/mol. The topological polar surface area (TPSA) is 99.1 Å². The summed E-state index contributed by atoms with van der Waals surface area (Å²) in [6, 6.07) is 8.23. The molecule has 0 atom stereocenters. The SMILES string of the molecule is Nc1ccc(O)cc1C(Cl)=Nc1ccc(O)cc1O. The Hall–Kier alpha value is -2.40. The molecule has 19 heavy (non-hydrogen) atoms. The molecule has 0 saturated heterocycles. The van der Waals surface area contributed by atoms with Crippen LogP contribution in [0.15, 0.2) is 41.4 Å². The molecule has 0 radical (unpaired) electrons. The van der Waals surface area contributed by atoms with Crippen molar-refractivity contribution in [3.8, 4) is 17.2 Å². The smallest absolute Gasteiger partial charge is 0.144 e. The van der Waals surface area contributed by atoms with E-state index in [1.54, 1.807) is 0 Å². The maximum atomic E-state index is 9.60. The molecule has 0 aliphatic heterocycles. The van der Waals surface area contributed by atoms with Gasteiger partial charge in [-0.2, -0.15) is 0 Å².